The summed E-state index contributed by atoms with van der Waals surface area (Å²) in [5.41, 5.74) is 2.20. The average Bonchev–Trinajstić information content (AvgIpc) is 2.92. The number of hydrogen-bond donors (Lipinski definition) is 1. The number of hydrogen-bond acceptors (Lipinski definition) is 4. The zero-order valence-electron chi connectivity index (χ0n) is 12.7. The van der Waals surface area contributed by atoms with E-state index in [4.69, 9.17) is 4.98 Å². The minimum Gasteiger partial charge on any atom is -0.325 e. The van der Waals surface area contributed by atoms with Crippen LogP contribution in [-0.4, -0.2) is 9.55 Å². The van der Waals surface area contributed by atoms with E-state index in [2.05, 4.69) is 21.2 Å². The summed E-state index contributed by atoms with van der Waals surface area (Å²) in [7, 11) is 1.78. The first-order valence-electron chi connectivity index (χ1n) is 7.67. The average molecular weight is 390 g/mol. The van der Waals surface area contributed by atoms with E-state index in [1.54, 1.807) is 23.0 Å². The van der Waals surface area contributed by atoms with E-state index in [0.29, 0.717) is 5.95 Å². The molecule has 1 aliphatic rings. The van der Waals surface area contributed by atoms with Gasteiger partial charge in [0.2, 0.25) is 5.95 Å². The van der Waals surface area contributed by atoms with Gasteiger partial charge in [-0.3, -0.25) is 9.36 Å². The van der Waals surface area contributed by atoms with E-state index >= 15 is 0 Å². The van der Waals surface area contributed by atoms with Gasteiger partial charge in [-0.05, 0) is 55.5 Å². The Labute approximate surface area is 146 Å². The van der Waals surface area contributed by atoms with Gasteiger partial charge in [-0.1, -0.05) is 15.9 Å². The number of benzene rings is 1. The minimum absolute atomic E-state index is 0.0500. The van der Waals surface area contributed by atoms with Gasteiger partial charge in [0, 0.05) is 22.1 Å². The molecule has 2 heterocycles. The van der Waals surface area contributed by atoms with Crippen molar-refractivity contribution in [2.75, 3.05) is 5.32 Å². The van der Waals surface area contributed by atoms with Gasteiger partial charge < -0.3 is 5.32 Å². The normalized spacial score (nSPS) is 14.0. The van der Waals surface area contributed by atoms with E-state index in [-0.39, 0.29) is 5.56 Å². The molecule has 1 aliphatic carbocycles. The highest BCUT2D eigenvalue weighted by atomic mass is 79.9. The van der Waals surface area contributed by atoms with Crippen molar-refractivity contribution in [1.29, 1.82) is 0 Å². The summed E-state index contributed by atoms with van der Waals surface area (Å²) < 4.78 is 2.64. The van der Waals surface area contributed by atoms with Gasteiger partial charge in [0.15, 0.2) is 0 Å². The third-order valence-corrected chi connectivity index (χ3v) is 6.01. The van der Waals surface area contributed by atoms with Gasteiger partial charge >= 0.3 is 0 Å². The SMILES string of the molecule is Cn1c(Nc2ccc(Br)cc2)nc2sc3c(c2c1=O)CCCC3. The van der Waals surface area contributed by atoms with Crippen molar-refractivity contribution >= 4 is 49.1 Å². The van der Waals surface area contributed by atoms with Crippen molar-refractivity contribution in [2.45, 2.75) is 25.7 Å². The molecule has 23 heavy (non-hydrogen) atoms. The Morgan fingerprint density at radius 2 is 1.96 bits per heavy atom. The van der Waals surface area contributed by atoms with E-state index in [9.17, 15) is 4.79 Å². The van der Waals surface area contributed by atoms with E-state index in [0.717, 1.165) is 33.2 Å². The summed E-state index contributed by atoms with van der Waals surface area (Å²) in [6.07, 6.45) is 4.46. The number of aryl methyl sites for hydroxylation is 2. The van der Waals surface area contributed by atoms with Crippen LogP contribution < -0.4 is 10.9 Å². The van der Waals surface area contributed by atoms with Crippen molar-refractivity contribution in [2.24, 2.45) is 7.05 Å². The summed E-state index contributed by atoms with van der Waals surface area (Å²) in [5, 5.41) is 4.08. The van der Waals surface area contributed by atoms with Crippen LogP contribution in [0.25, 0.3) is 10.2 Å². The number of halogens is 1. The molecule has 0 saturated heterocycles. The van der Waals surface area contributed by atoms with Crippen LogP contribution in [-0.2, 0) is 19.9 Å². The molecule has 0 amide bonds. The zero-order chi connectivity index (χ0) is 16.0. The Morgan fingerprint density at radius 3 is 2.74 bits per heavy atom. The monoisotopic (exact) mass is 389 g/mol. The number of fused-ring (bicyclic) bond motifs is 3. The second-order valence-corrected chi connectivity index (χ2v) is 7.82. The first kappa shape index (κ1) is 14.9. The standard InChI is InChI=1S/C17H16BrN3OS/c1-21-16(22)14-12-4-2-3-5-13(12)23-15(14)20-17(21)19-11-8-6-10(18)7-9-11/h6-9H,2-5H2,1H3,(H,19,20). The fourth-order valence-corrected chi connectivity index (χ4v) is 4.58. The Hall–Kier alpha value is -1.66. The molecule has 0 atom stereocenters. The third kappa shape index (κ3) is 2.60. The van der Waals surface area contributed by atoms with Gasteiger partial charge in [0.1, 0.15) is 4.83 Å². The van der Waals surface area contributed by atoms with Crippen LogP contribution in [0.1, 0.15) is 23.3 Å². The maximum atomic E-state index is 12.8. The molecule has 1 N–H and O–H groups in total. The van der Waals surface area contributed by atoms with Crippen LogP contribution in [0, 0.1) is 0 Å². The van der Waals surface area contributed by atoms with Crippen molar-refractivity contribution in [1.82, 2.24) is 9.55 Å². The number of nitrogens with zero attached hydrogens (tertiary/aromatic N) is 2. The molecule has 1 aromatic carbocycles. The highest BCUT2D eigenvalue weighted by Crippen LogP contribution is 2.34. The molecule has 0 saturated carbocycles. The Morgan fingerprint density at radius 1 is 1.22 bits per heavy atom. The van der Waals surface area contributed by atoms with Crippen LogP contribution in [0.2, 0.25) is 0 Å². The van der Waals surface area contributed by atoms with Crippen molar-refractivity contribution < 1.29 is 0 Å². The lowest BCUT2D eigenvalue weighted by Crippen LogP contribution is -2.21. The lowest BCUT2D eigenvalue weighted by atomic mass is 9.97. The Balaban J connectivity index is 1.83. The van der Waals surface area contributed by atoms with Crippen molar-refractivity contribution in [3.8, 4) is 0 Å². The largest absolute Gasteiger partial charge is 0.325 e. The Bertz CT molecular complexity index is 943. The molecule has 0 radical (unpaired) electrons. The third-order valence-electron chi connectivity index (χ3n) is 4.30. The predicted molar refractivity (Wildman–Crippen MR) is 98.9 cm³/mol. The summed E-state index contributed by atoms with van der Waals surface area (Å²) in [5.74, 6) is 0.586. The number of rotatable bonds is 2. The highest BCUT2D eigenvalue weighted by molar-refractivity contribution is 9.10. The fraction of sp³-hybridized carbons (Fsp3) is 0.294. The summed E-state index contributed by atoms with van der Waals surface area (Å²) in [6, 6.07) is 7.84. The molecular formula is C17H16BrN3OS. The maximum Gasteiger partial charge on any atom is 0.263 e. The summed E-state index contributed by atoms with van der Waals surface area (Å²) in [4.78, 5) is 19.7. The predicted octanol–water partition coefficient (Wildman–Crippen LogP) is 4.38. The molecule has 0 aliphatic heterocycles. The summed E-state index contributed by atoms with van der Waals surface area (Å²) >= 11 is 5.10. The molecule has 0 bridgehead atoms. The minimum atomic E-state index is 0.0500. The van der Waals surface area contributed by atoms with Crippen LogP contribution in [0.4, 0.5) is 11.6 Å². The van der Waals surface area contributed by atoms with E-state index < -0.39 is 0 Å². The molecular weight excluding hydrogens is 374 g/mol. The molecule has 6 heteroatoms. The van der Waals surface area contributed by atoms with Gasteiger partial charge in [-0.25, -0.2) is 4.98 Å². The lowest BCUT2D eigenvalue weighted by Gasteiger charge is -2.12. The fourth-order valence-electron chi connectivity index (χ4n) is 3.06. The molecule has 118 valence electrons. The number of anilines is 2. The lowest BCUT2D eigenvalue weighted by molar-refractivity contribution is 0.699. The molecule has 4 rings (SSSR count). The van der Waals surface area contributed by atoms with Gasteiger partial charge in [-0.15, -0.1) is 11.3 Å². The van der Waals surface area contributed by atoms with Gasteiger partial charge in [-0.2, -0.15) is 0 Å². The molecule has 0 unspecified atom stereocenters. The Kier molecular flexibility index (Phi) is 3.73. The molecule has 3 aromatic rings. The summed E-state index contributed by atoms with van der Waals surface area (Å²) in [6.45, 7) is 0. The smallest absolute Gasteiger partial charge is 0.263 e. The van der Waals surface area contributed by atoms with E-state index in [1.165, 1.54) is 23.3 Å². The van der Waals surface area contributed by atoms with Crippen LogP contribution in [0.5, 0.6) is 0 Å². The number of aromatic nitrogens is 2. The van der Waals surface area contributed by atoms with Crippen LogP contribution in [0.3, 0.4) is 0 Å². The number of thiophene rings is 1. The molecule has 4 nitrogen and oxygen atoms in total. The highest BCUT2D eigenvalue weighted by Gasteiger charge is 2.21. The van der Waals surface area contributed by atoms with E-state index in [1.807, 2.05) is 24.3 Å². The van der Waals surface area contributed by atoms with Crippen molar-refractivity contribution in [3.05, 3.63) is 49.5 Å². The molecule has 2 aromatic heterocycles. The van der Waals surface area contributed by atoms with Crippen LogP contribution >= 0.6 is 27.3 Å². The first-order valence-corrected chi connectivity index (χ1v) is 9.28. The number of nitrogens with one attached hydrogen (secondary N) is 1. The van der Waals surface area contributed by atoms with Gasteiger partial charge in [0.05, 0.1) is 5.39 Å². The molecule has 0 fully saturated rings. The van der Waals surface area contributed by atoms with Gasteiger partial charge in [0.25, 0.3) is 5.56 Å². The van der Waals surface area contributed by atoms with Crippen molar-refractivity contribution in [3.63, 3.8) is 0 Å². The zero-order valence-corrected chi connectivity index (χ0v) is 15.1. The van der Waals surface area contributed by atoms with Crippen LogP contribution in [0.15, 0.2) is 33.5 Å². The second-order valence-electron chi connectivity index (χ2n) is 5.82. The maximum absolute atomic E-state index is 12.8. The first-order chi connectivity index (χ1) is 11.1. The topological polar surface area (TPSA) is 46.9 Å². The quantitative estimate of drug-likeness (QED) is 0.707. The second kappa shape index (κ2) is 5.76. The molecule has 0 spiro atoms.